The molecule has 0 aromatic rings. The Kier molecular flexibility index (Phi) is 6.08. The minimum absolute atomic E-state index is 0.406. The Balaban J connectivity index is 3.58. The molecule has 0 spiro atoms. The Hall–Kier alpha value is 0.320. The van der Waals surface area contributed by atoms with E-state index in [1.807, 2.05) is 0 Å². The van der Waals surface area contributed by atoms with Gasteiger partial charge >= 0.3 is 0 Å². The maximum atomic E-state index is 8.76. The van der Waals surface area contributed by atoms with Gasteiger partial charge in [-0.15, -0.1) is 0 Å². The van der Waals surface area contributed by atoms with Gasteiger partial charge in [-0.3, -0.25) is 0 Å². The van der Waals surface area contributed by atoms with Crippen LogP contribution in [0.4, 0.5) is 0 Å². The molecule has 0 amide bonds. The van der Waals surface area contributed by atoms with Crippen LogP contribution in [0.3, 0.4) is 0 Å². The van der Waals surface area contributed by atoms with Gasteiger partial charge in [-0.2, -0.15) is 0 Å². The molecule has 5 heteroatoms. The summed E-state index contributed by atoms with van der Waals surface area (Å²) < 4.78 is 9.67. The van der Waals surface area contributed by atoms with Gasteiger partial charge in [-0.05, 0) is 13.8 Å². The van der Waals surface area contributed by atoms with Crippen molar-refractivity contribution in [2.24, 2.45) is 0 Å². The third kappa shape index (κ3) is 6.71. The van der Waals surface area contributed by atoms with Crippen LogP contribution in [-0.4, -0.2) is 34.4 Å². The lowest BCUT2D eigenvalue weighted by atomic mass is 10.6. The normalized spacial score (nSPS) is 19.4. The molecule has 0 radical (unpaired) electrons. The van der Waals surface area contributed by atoms with Crippen LogP contribution in [-0.2, 0) is 9.47 Å². The van der Waals surface area contributed by atoms with E-state index in [9.17, 15) is 0 Å². The van der Waals surface area contributed by atoms with Gasteiger partial charge < -0.3 is 19.7 Å². The predicted molar refractivity (Wildman–Crippen MR) is 43.1 cm³/mol. The largest absolute Gasteiger partial charge is 0.368 e. The van der Waals surface area contributed by atoms with Crippen molar-refractivity contribution in [3.05, 3.63) is 0 Å². The molecule has 0 bridgehead atoms. The molecule has 2 unspecified atom stereocenters. The predicted octanol–water partition coefficient (Wildman–Crippen LogP) is 0.417. The Morgan fingerprint density at radius 2 is 1.55 bits per heavy atom. The Morgan fingerprint density at radius 3 is 1.73 bits per heavy atom. The zero-order valence-electron chi connectivity index (χ0n) is 6.53. The highest BCUT2D eigenvalue weighted by Crippen LogP contribution is 2.04. The van der Waals surface area contributed by atoms with Crippen molar-refractivity contribution >= 4 is 15.9 Å². The lowest BCUT2D eigenvalue weighted by Crippen LogP contribution is -2.27. The number of hydrogen-bond acceptors (Lipinski definition) is 4. The van der Waals surface area contributed by atoms with Gasteiger partial charge in [0.25, 0.3) is 0 Å². The van der Waals surface area contributed by atoms with E-state index in [4.69, 9.17) is 19.7 Å². The number of hydrogen-bond donors (Lipinski definition) is 2. The summed E-state index contributed by atoms with van der Waals surface area (Å²) in [6.07, 6.45) is -2.40. The van der Waals surface area contributed by atoms with Gasteiger partial charge in [0.15, 0.2) is 18.9 Å². The number of alkyl halides is 1. The first-order valence-electron chi connectivity index (χ1n) is 3.29. The average Bonchev–Trinajstić information content (AvgIpc) is 1.84. The Labute approximate surface area is 74.2 Å². The molecule has 0 fully saturated rings. The lowest BCUT2D eigenvalue weighted by Gasteiger charge is -2.19. The molecule has 0 rings (SSSR count). The molecule has 2 atom stereocenters. The van der Waals surface area contributed by atoms with Crippen LogP contribution in [0.1, 0.15) is 13.8 Å². The van der Waals surface area contributed by atoms with Crippen LogP contribution in [0.15, 0.2) is 0 Å². The molecule has 2 N–H and O–H groups in total. The molecule has 68 valence electrons. The van der Waals surface area contributed by atoms with Crippen LogP contribution in [0.2, 0.25) is 0 Å². The van der Waals surface area contributed by atoms with Crippen LogP contribution >= 0.6 is 15.9 Å². The molecule has 0 heterocycles. The summed E-state index contributed by atoms with van der Waals surface area (Å²) in [5.74, 6) is 0. The van der Waals surface area contributed by atoms with Crippen molar-refractivity contribution in [1.29, 1.82) is 0 Å². The zero-order valence-corrected chi connectivity index (χ0v) is 8.11. The number of rotatable bonds is 5. The van der Waals surface area contributed by atoms with Crippen molar-refractivity contribution < 1.29 is 19.7 Å². The molecule has 0 aliphatic carbocycles. The van der Waals surface area contributed by atoms with Crippen molar-refractivity contribution in [2.75, 3.05) is 5.33 Å². The summed E-state index contributed by atoms with van der Waals surface area (Å²) in [6, 6.07) is 0. The van der Waals surface area contributed by atoms with Crippen molar-refractivity contribution in [2.45, 2.75) is 32.7 Å². The average molecular weight is 229 g/mol. The number of aliphatic hydroxyl groups is 2. The van der Waals surface area contributed by atoms with E-state index >= 15 is 0 Å². The maximum Gasteiger partial charge on any atom is 0.173 e. The summed E-state index contributed by atoms with van der Waals surface area (Å²) in [7, 11) is 0. The molecule has 0 aromatic carbocycles. The van der Waals surface area contributed by atoms with Gasteiger partial charge in [-0.1, -0.05) is 15.9 Å². The van der Waals surface area contributed by atoms with E-state index in [1.54, 1.807) is 0 Å². The zero-order chi connectivity index (χ0) is 8.85. The van der Waals surface area contributed by atoms with Crippen LogP contribution in [0, 0.1) is 0 Å². The van der Waals surface area contributed by atoms with E-state index in [0.717, 1.165) is 0 Å². The molecular formula is C6H13BrO4. The monoisotopic (exact) mass is 228 g/mol. The quantitative estimate of drug-likeness (QED) is 0.529. The molecule has 11 heavy (non-hydrogen) atoms. The van der Waals surface area contributed by atoms with E-state index in [-0.39, 0.29) is 0 Å². The fraction of sp³-hybridized carbons (Fsp3) is 1.00. The highest BCUT2D eigenvalue weighted by molar-refractivity contribution is 9.09. The van der Waals surface area contributed by atoms with Crippen molar-refractivity contribution in [1.82, 2.24) is 0 Å². The second kappa shape index (κ2) is 5.91. The second-order valence-corrected chi connectivity index (χ2v) is 2.70. The lowest BCUT2D eigenvalue weighted by molar-refractivity contribution is -0.257. The summed E-state index contributed by atoms with van der Waals surface area (Å²) in [4.78, 5) is 0. The highest BCUT2D eigenvalue weighted by atomic mass is 79.9. The molecule has 4 nitrogen and oxygen atoms in total. The molecular weight excluding hydrogens is 216 g/mol. The van der Waals surface area contributed by atoms with Crippen molar-refractivity contribution in [3.63, 3.8) is 0 Å². The number of ether oxygens (including phenoxy) is 2. The number of halogens is 1. The molecule has 0 aliphatic rings. The first-order chi connectivity index (χ1) is 5.06. The maximum absolute atomic E-state index is 8.76. The fourth-order valence-electron chi connectivity index (χ4n) is 0.544. The second-order valence-electron chi connectivity index (χ2n) is 2.05. The topological polar surface area (TPSA) is 58.9 Å². The van der Waals surface area contributed by atoms with Gasteiger partial charge in [0.05, 0.1) is 5.33 Å². The van der Waals surface area contributed by atoms with Crippen LogP contribution in [0.25, 0.3) is 0 Å². The Morgan fingerprint density at radius 1 is 1.18 bits per heavy atom. The first kappa shape index (κ1) is 11.3. The van der Waals surface area contributed by atoms with E-state index in [0.29, 0.717) is 5.33 Å². The van der Waals surface area contributed by atoms with Gasteiger partial charge in [0.2, 0.25) is 0 Å². The molecule has 0 aromatic heterocycles. The van der Waals surface area contributed by atoms with Crippen LogP contribution < -0.4 is 0 Å². The SMILES string of the molecule is CC(O)OC(CBr)OC(C)O. The highest BCUT2D eigenvalue weighted by Gasteiger charge is 2.12. The molecule has 0 aliphatic heterocycles. The Bertz CT molecular complexity index is 86.6. The number of aliphatic hydroxyl groups excluding tert-OH is 2. The first-order valence-corrected chi connectivity index (χ1v) is 4.41. The van der Waals surface area contributed by atoms with E-state index in [2.05, 4.69) is 15.9 Å². The minimum atomic E-state index is -0.892. The van der Waals surface area contributed by atoms with Crippen molar-refractivity contribution in [3.8, 4) is 0 Å². The molecule has 0 saturated carbocycles. The summed E-state index contributed by atoms with van der Waals surface area (Å²) in [6.45, 7) is 2.95. The van der Waals surface area contributed by atoms with Crippen LogP contribution in [0.5, 0.6) is 0 Å². The van der Waals surface area contributed by atoms with Gasteiger partial charge in [0.1, 0.15) is 0 Å². The summed E-state index contributed by atoms with van der Waals surface area (Å²) >= 11 is 3.10. The summed E-state index contributed by atoms with van der Waals surface area (Å²) in [5, 5.41) is 17.9. The van der Waals surface area contributed by atoms with E-state index in [1.165, 1.54) is 13.8 Å². The van der Waals surface area contributed by atoms with E-state index < -0.39 is 18.9 Å². The minimum Gasteiger partial charge on any atom is -0.368 e. The third-order valence-corrected chi connectivity index (χ3v) is 1.35. The third-order valence-electron chi connectivity index (χ3n) is 0.823. The molecule has 0 saturated heterocycles. The standard InChI is InChI=1S/C6H13BrO4/c1-4(8)10-6(3-7)11-5(2)9/h4-6,8-9H,3H2,1-2H3. The van der Waals surface area contributed by atoms with Gasteiger partial charge in [0, 0.05) is 0 Å². The fourth-order valence-corrected chi connectivity index (χ4v) is 0.849. The van der Waals surface area contributed by atoms with Gasteiger partial charge in [-0.25, -0.2) is 0 Å². The summed E-state index contributed by atoms with van der Waals surface area (Å²) in [5.41, 5.74) is 0. The smallest absolute Gasteiger partial charge is 0.173 e.